The highest BCUT2D eigenvalue weighted by Crippen LogP contribution is 2.51. The van der Waals surface area contributed by atoms with Gasteiger partial charge in [-0.15, -0.1) is 0 Å². The van der Waals surface area contributed by atoms with Crippen molar-refractivity contribution in [1.29, 1.82) is 0 Å². The van der Waals surface area contributed by atoms with Crippen molar-refractivity contribution < 1.29 is 19.1 Å². The summed E-state index contributed by atoms with van der Waals surface area (Å²) < 4.78 is 10.8. The molecular formula is C19H25N3O4. The maximum absolute atomic E-state index is 12.6. The third kappa shape index (κ3) is 2.75. The lowest BCUT2D eigenvalue weighted by Crippen LogP contribution is -2.50. The Morgan fingerprint density at radius 3 is 2.85 bits per heavy atom. The summed E-state index contributed by atoms with van der Waals surface area (Å²) in [6.45, 7) is 2.69. The predicted molar refractivity (Wildman–Crippen MR) is 94.8 cm³/mol. The molecule has 2 aliphatic heterocycles. The third-order valence-corrected chi connectivity index (χ3v) is 5.93. The first-order valence-electron chi connectivity index (χ1n) is 9.20. The Kier molecular flexibility index (Phi) is 4.58. The number of rotatable bonds is 4. The molecule has 2 fully saturated rings. The van der Waals surface area contributed by atoms with Crippen LogP contribution in [0.5, 0.6) is 0 Å². The number of amides is 2. The number of hydrogen-bond donors (Lipinski definition) is 2. The van der Waals surface area contributed by atoms with Gasteiger partial charge in [0.15, 0.2) is 0 Å². The molecule has 1 aromatic rings. The highest BCUT2D eigenvalue weighted by Gasteiger charge is 2.53. The molecule has 7 heteroatoms. The van der Waals surface area contributed by atoms with Crippen LogP contribution in [-0.2, 0) is 19.7 Å². The van der Waals surface area contributed by atoms with Crippen molar-refractivity contribution >= 4 is 12.0 Å². The number of nitrogens with zero attached hydrogens (tertiary/aromatic N) is 1. The van der Waals surface area contributed by atoms with E-state index in [1.807, 2.05) is 6.07 Å². The zero-order valence-electron chi connectivity index (χ0n) is 15.0. The maximum Gasteiger partial charge on any atom is 0.410 e. The quantitative estimate of drug-likeness (QED) is 0.837. The van der Waals surface area contributed by atoms with E-state index in [0.717, 1.165) is 31.5 Å². The van der Waals surface area contributed by atoms with E-state index in [1.54, 1.807) is 7.11 Å². The lowest BCUT2D eigenvalue weighted by atomic mass is 9.72. The molecule has 0 saturated carbocycles. The summed E-state index contributed by atoms with van der Waals surface area (Å²) in [5.74, 6) is -0.184. The molecule has 0 unspecified atom stereocenters. The molecule has 140 valence electrons. The molecule has 0 bridgehead atoms. The lowest BCUT2D eigenvalue weighted by molar-refractivity contribution is -0.123. The first kappa shape index (κ1) is 17.3. The van der Waals surface area contributed by atoms with E-state index in [-0.39, 0.29) is 30.0 Å². The number of carbonyl (C=O) groups excluding carboxylic acids is 2. The van der Waals surface area contributed by atoms with E-state index in [2.05, 4.69) is 28.8 Å². The SMILES string of the molecule is CO[C@H]1[C@H](NC(=O)CN2CCOC2=O)c2ccccc2C12CCNCC2. The largest absolute Gasteiger partial charge is 0.448 e. The van der Waals surface area contributed by atoms with Gasteiger partial charge in [-0.1, -0.05) is 24.3 Å². The molecular weight excluding hydrogens is 334 g/mol. The lowest BCUT2D eigenvalue weighted by Gasteiger charge is -2.40. The zero-order chi connectivity index (χ0) is 18.1. The summed E-state index contributed by atoms with van der Waals surface area (Å²) in [6.07, 6.45) is 1.42. The second-order valence-corrected chi connectivity index (χ2v) is 7.23. The van der Waals surface area contributed by atoms with Gasteiger partial charge in [0.05, 0.1) is 18.7 Å². The van der Waals surface area contributed by atoms with E-state index in [9.17, 15) is 9.59 Å². The Labute approximate surface area is 153 Å². The number of ether oxygens (including phenoxy) is 2. The molecule has 1 aliphatic carbocycles. The Balaban J connectivity index is 1.58. The molecule has 4 rings (SSSR count). The van der Waals surface area contributed by atoms with E-state index in [4.69, 9.17) is 9.47 Å². The summed E-state index contributed by atoms with van der Waals surface area (Å²) in [6, 6.07) is 8.09. The molecule has 2 heterocycles. The minimum Gasteiger partial charge on any atom is -0.448 e. The van der Waals surface area contributed by atoms with Crippen LogP contribution >= 0.6 is 0 Å². The van der Waals surface area contributed by atoms with Crippen molar-refractivity contribution in [2.75, 3.05) is 39.9 Å². The van der Waals surface area contributed by atoms with Crippen LogP contribution in [0, 0.1) is 0 Å². The van der Waals surface area contributed by atoms with Crippen molar-refractivity contribution in [1.82, 2.24) is 15.5 Å². The van der Waals surface area contributed by atoms with Crippen LogP contribution in [0.25, 0.3) is 0 Å². The molecule has 2 amide bonds. The van der Waals surface area contributed by atoms with E-state index in [1.165, 1.54) is 10.5 Å². The normalized spacial score (nSPS) is 26.7. The van der Waals surface area contributed by atoms with Crippen LogP contribution in [0.15, 0.2) is 24.3 Å². The van der Waals surface area contributed by atoms with Crippen molar-refractivity contribution in [3.05, 3.63) is 35.4 Å². The van der Waals surface area contributed by atoms with Crippen LogP contribution in [0.2, 0.25) is 0 Å². The first-order valence-corrected chi connectivity index (χ1v) is 9.20. The minimum atomic E-state index is -0.426. The zero-order valence-corrected chi connectivity index (χ0v) is 15.0. The fraction of sp³-hybridized carbons (Fsp3) is 0.579. The molecule has 2 atom stereocenters. The molecule has 1 spiro atoms. The number of methoxy groups -OCH3 is 1. The molecule has 2 N–H and O–H groups in total. The number of cyclic esters (lactones) is 1. The van der Waals surface area contributed by atoms with Crippen LogP contribution in [-0.4, -0.2) is 62.9 Å². The predicted octanol–water partition coefficient (Wildman–Crippen LogP) is 0.946. The van der Waals surface area contributed by atoms with Gasteiger partial charge in [-0.05, 0) is 37.1 Å². The van der Waals surface area contributed by atoms with Gasteiger partial charge in [0.1, 0.15) is 13.2 Å². The summed E-state index contributed by atoms with van der Waals surface area (Å²) in [7, 11) is 1.72. The Morgan fingerprint density at radius 2 is 2.15 bits per heavy atom. The summed E-state index contributed by atoms with van der Waals surface area (Å²) in [4.78, 5) is 25.6. The standard InChI is InChI=1S/C19H25N3O4/c1-25-17-16(21-15(23)12-22-10-11-26-18(22)24)13-4-2-3-5-14(13)19(17)6-8-20-9-7-19/h2-5,16-17,20H,6-12H2,1H3,(H,21,23)/t16-,17+/m1/s1. The number of piperidine rings is 1. The summed E-state index contributed by atoms with van der Waals surface area (Å²) in [5, 5.41) is 6.54. The average Bonchev–Trinajstić information content (AvgIpc) is 3.16. The molecule has 3 aliphatic rings. The fourth-order valence-electron chi connectivity index (χ4n) is 4.76. The van der Waals surface area contributed by atoms with Gasteiger partial charge < -0.3 is 20.1 Å². The molecule has 0 radical (unpaired) electrons. The maximum atomic E-state index is 12.6. The van der Waals surface area contributed by atoms with Gasteiger partial charge in [-0.2, -0.15) is 0 Å². The molecule has 2 saturated heterocycles. The van der Waals surface area contributed by atoms with Gasteiger partial charge in [0.25, 0.3) is 0 Å². The van der Waals surface area contributed by atoms with Crippen molar-refractivity contribution in [3.63, 3.8) is 0 Å². The Hall–Kier alpha value is -2.12. The Bertz CT molecular complexity index is 702. The van der Waals surface area contributed by atoms with E-state index in [0.29, 0.717) is 13.2 Å². The van der Waals surface area contributed by atoms with Crippen LogP contribution in [0.4, 0.5) is 4.79 Å². The molecule has 7 nitrogen and oxygen atoms in total. The highest BCUT2D eigenvalue weighted by atomic mass is 16.6. The van der Waals surface area contributed by atoms with Gasteiger partial charge in [0, 0.05) is 12.5 Å². The number of benzene rings is 1. The second kappa shape index (κ2) is 6.89. The van der Waals surface area contributed by atoms with E-state index < -0.39 is 6.09 Å². The van der Waals surface area contributed by atoms with Crippen molar-refractivity contribution in [3.8, 4) is 0 Å². The van der Waals surface area contributed by atoms with Crippen LogP contribution in [0.3, 0.4) is 0 Å². The summed E-state index contributed by atoms with van der Waals surface area (Å²) in [5.41, 5.74) is 2.32. The minimum absolute atomic E-state index is 0.0164. The average molecular weight is 359 g/mol. The van der Waals surface area contributed by atoms with Crippen molar-refractivity contribution in [2.24, 2.45) is 0 Å². The monoisotopic (exact) mass is 359 g/mol. The van der Waals surface area contributed by atoms with Gasteiger partial charge in [0.2, 0.25) is 5.91 Å². The second-order valence-electron chi connectivity index (χ2n) is 7.23. The van der Waals surface area contributed by atoms with Gasteiger partial charge in [-0.3, -0.25) is 9.69 Å². The van der Waals surface area contributed by atoms with E-state index >= 15 is 0 Å². The van der Waals surface area contributed by atoms with Crippen LogP contribution in [0.1, 0.15) is 30.0 Å². The van der Waals surface area contributed by atoms with Crippen LogP contribution < -0.4 is 10.6 Å². The number of carbonyl (C=O) groups is 2. The number of nitrogens with one attached hydrogen (secondary N) is 2. The fourth-order valence-corrected chi connectivity index (χ4v) is 4.76. The molecule has 1 aromatic carbocycles. The number of fused-ring (bicyclic) bond motifs is 2. The number of hydrogen-bond acceptors (Lipinski definition) is 5. The summed E-state index contributed by atoms with van der Waals surface area (Å²) >= 11 is 0. The van der Waals surface area contributed by atoms with Gasteiger partial charge >= 0.3 is 6.09 Å². The van der Waals surface area contributed by atoms with Gasteiger partial charge in [-0.25, -0.2) is 4.79 Å². The van der Waals surface area contributed by atoms with Crippen molar-refractivity contribution in [2.45, 2.75) is 30.4 Å². The topological polar surface area (TPSA) is 79.9 Å². The third-order valence-electron chi connectivity index (χ3n) is 5.93. The highest BCUT2D eigenvalue weighted by molar-refractivity contribution is 5.83. The Morgan fingerprint density at radius 1 is 1.38 bits per heavy atom. The molecule has 26 heavy (non-hydrogen) atoms. The smallest absolute Gasteiger partial charge is 0.410 e. The molecule has 0 aromatic heterocycles. The first-order chi connectivity index (χ1) is 12.7.